The van der Waals surface area contributed by atoms with Gasteiger partial charge in [-0.3, -0.25) is 9.69 Å². The van der Waals surface area contributed by atoms with Crippen molar-refractivity contribution in [3.8, 4) is 0 Å². The Hall–Kier alpha value is -2.18. The van der Waals surface area contributed by atoms with E-state index < -0.39 is 5.54 Å². The fraction of sp³-hybridized carbons (Fsp3) is 0.478. The molecule has 2 atom stereocenters. The minimum Gasteiger partial charge on any atom is -0.319 e. The Kier molecular flexibility index (Phi) is 5.03. The Labute approximate surface area is 176 Å². The molecule has 4 rings (SSSR count). The smallest absolute Gasteiger partial charge is 0.319 e. The first-order chi connectivity index (χ1) is 13.7. The molecule has 5 nitrogen and oxygen atoms in total. The van der Waals surface area contributed by atoms with Crippen molar-refractivity contribution in [3.63, 3.8) is 0 Å². The molecule has 2 aliphatic heterocycles. The molecule has 0 unspecified atom stereocenters. The predicted molar refractivity (Wildman–Crippen MR) is 116 cm³/mol. The molecule has 2 fully saturated rings. The Morgan fingerprint density at radius 1 is 1.17 bits per heavy atom. The van der Waals surface area contributed by atoms with E-state index in [1.807, 2.05) is 12.1 Å². The van der Waals surface area contributed by atoms with E-state index in [1.54, 1.807) is 18.3 Å². The fourth-order valence-corrected chi connectivity index (χ4v) is 5.20. The molecular formula is C23H29N3O2S. The highest BCUT2D eigenvalue weighted by molar-refractivity contribution is 7.10. The van der Waals surface area contributed by atoms with Gasteiger partial charge in [-0.15, -0.1) is 11.3 Å². The van der Waals surface area contributed by atoms with E-state index in [1.165, 1.54) is 15.3 Å². The first-order valence-corrected chi connectivity index (χ1v) is 11.1. The van der Waals surface area contributed by atoms with E-state index in [-0.39, 0.29) is 23.4 Å². The van der Waals surface area contributed by atoms with Gasteiger partial charge in [-0.2, -0.15) is 0 Å². The number of likely N-dealkylation sites (tertiary alicyclic amines) is 1. The number of imide groups is 1. The predicted octanol–water partition coefficient (Wildman–Crippen LogP) is 4.61. The van der Waals surface area contributed by atoms with Crippen LogP contribution < -0.4 is 5.32 Å². The molecule has 1 aromatic carbocycles. The second kappa shape index (κ2) is 7.26. The number of nitrogens with one attached hydrogen (secondary N) is 1. The summed E-state index contributed by atoms with van der Waals surface area (Å²) in [6, 6.07) is 12.2. The molecule has 0 radical (unpaired) electrons. The molecule has 0 saturated carbocycles. The summed E-state index contributed by atoms with van der Waals surface area (Å²) in [7, 11) is 0. The topological polar surface area (TPSA) is 52.7 Å². The Morgan fingerprint density at radius 3 is 2.52 bits per heavy atom. The first-order valence-electron chi connectivity index (χ1n) is 10.2. The van der Waals surface area contributed by atoms with E-state index >= 15 is 0 Å². The molecule has 0 spiro atoms. The summed E-state index contributed by atoms with van der Waals surface area (Å²) in [6.45, 7) is 9.52. The first kappa shape index (κ1) is 20.1. The second-order valence-corrected chi connectivity index (χ2v) is 10.2. The van der Waals surface area contributed by atoms with Crippen molar-refractivity contribution < 1.29 is 9.59 Å². The monoisotopic (exact) mass is 411 g/mol. The summed E-state index contributed by atoms with van der Waals surface area (Å²) in [5.41, 5.74) is 1.05. The summed E-state index contributed by atoms with van der Waals surface area (Å²) in [5, 5.41) is 5.02. The Bertz CT molecular complexity index is 901. The van der Waals surface area contributed by atoms with Crippen LogP contribution in [0.25, 0.3) is 0 Å². The standard InChI is InChI=1S/C23H29N3O2S/c1-22(2,3)16-9-11-17(12-10-16)23(4)20(27)26(21(28)24-23)15-25-13-5-7-18(25)19-8-6-14-29-19/h6,8-12,14,18H,5,7,13,15H2,1-4H3,(H,24,28)/t18-,23-/m1/s1. The fourth-order valence-electron chi connectivity index (χ4n) is 4.30. The van der Waals surface area contributed by atoms with Crippen LogP contribution in [-0.2, 0) is 15.7 Å². The quantitative estimate of drug-likeness (QED) is 0.748. The third-order valence-electron chi connectivity index (χ3n) is 6.16. The van der Waals surface area contributed by atoms with Crippen molar-refractivity contribution in [2.45, 2.75) is 57.5 Å². The van der Waals surface area contributed by atoms with Crippen LogP contribution in [0.2, 0.25) is 0 Å². The van der Waals surface area contributed by atoms with Crippen molar-refractivity contribution in [1.82, 2.24) is 15.1 Å². The summed E-state index contributed by atoms with van der Waals surface area (Å²) >= 11 is 1.74. The van der Waals surface area contributed by atoms with E-state index in [0.29, 0.717) is 6.67 Å². The van der Waals surface area contributed by atoms with Gasteiger partial charge < -0.3 is 5.32 Å². The third kappa shape index (κ3) is 3.60. The van der Waals surface area contributed by atoms with Gasteiger partial charge in [-0.05, 0) is 47.8 Å². The van der Waals surface area contributed by atoms with Gasteiger partial charge >= 0.3 is 6.03 Å². The number of carbonyl (C=O) groups excluding carboxylic acids is 2. The maximum atomic E-state index is 13.3. The number of hydrogen-bond acceptors (Lipinski definition) is 4. The average molecular weight is 412 g/mol. The molecule has 3 amide bonds. The molecule has 0 bridgehead atoms. The summed E-state index contributed by atoms with van der Waals surface area (Å²) in [5.74, 6) is -0.178. The molecule has 6 heteroatoms. The second-order valence-electron chi connectivity index (χ2n) is 9.24. The molecule has 154 valence electrons. The third-order valence-corrected chi connectivity index (χ3v) is 7.14. The number of urea groups is 1. The van der Waals surface area contributed by atoms with Gasteiger partial charge in [-0.1, -0.05) is 51.1 Å². The van der Waals surface area contributed by atoms with Gasteiger partial charge in [0.05, 0.1) is 6.67 Å². The Morgan fingerprint density at radius 2 is 1.90 bits per heavy atom. The van der Waals surface area contributed by atoms with E-state index in [9.17, 15) is 9.59 Å². The Balaban J connectivity index is 1.54. The molecule has 2 saturated heterocycles. The van der Waals surface area contributed by atoms with E-state index in [2.05, 4.69) is 60.6 Å². The maximum absolute atomic E-state index is 13.3. The van der Waals surface area contributed by atoms with Gasteiger partial charge in [0.1, 0.15) is 5.54 Å². The highest BCUT2D eigenvalue weighted by Crippen LogP contribution is 2.36. The number of carbonyl (C=O) groups is 2. The van der Waals surface area contributed by atoms with Crippen molar-refractivity contribution >= 4 is 23.3 Å². The lowest BCUT2D eigenvalue weighted by atomic mass is 9.84. The van der Waals surface area contributed by atoms with E-state index in [0.717, 1.165) is 24.9 Å². The minimum absolute atomic E-state index is 0.0426. The van der Waals surface area contributed by atoms with Crippen LogP contribution in [0.5, 0.6) is 0 Å². The van der Waals surface area contributed by atoms with Crippen LogP contribution in [0.3, 0.4) is 0 Å². The zero-order chi connectivity index (χ0) is 20.8. The molecule has 2 aromatic rings. The number of nitrogens with zero attached hydrogens (tertiary/aromatic N) is 2. The largest absolute Gasteiger partial charge is 0.326 e. The number of benzene rings is 1. The molecule has 1 N–H and O–H groups in total. The van der Waals surface area contributed by atoms with Gasteiger partial charge in [0.2, 0.25) is 0 Å². The molecule has 1 aromatic heterocycles. The van der Waals surface area contributed by atoms with Gasteiger partial charge in [0.15, 0.2) is 0 Å². The molecule has 29 heavy (non-hydrogen) atoms. The molecule has 3 heterocycles. The SMILES string of the molecule is CC(C)(C)c1ccc([C@@]2(C)NC(=O)N(CN3CCC[C@@H]3c3cccs3)C2=O)cc1. The summed E-state index contributed by atoms with van der Waals surface area (Å²) in [6.07, 6.45) is 2.15. The number of amides is 3. The van der Waals surface area contributed by atoms with Crippen molar-refractivity contribution in [2.24, 2.45) is 0 Å². The van der Waals surface area contributed by atoms with E-state index in [4.69, 9.17) is 0 Å². The van der Waals surface area contributed by atoms with Crippen LogP contribution >= 0.6 is 11.3 Å². The highest BCUT2D eigenvalue weighted by Gasteiger charge is 2.50. The van der Waals surface area contributed by atoms with Gasteiger partial charge in [0.25, 0.3) is 5.91 Å². The van der Waals surface area contributed by atoms with Gasteiger partial charge in [-0.25, -0.2) is 9.69 Å². The lowest BCUT2D eigenvalue weighted by Crippen LogP contribution is -2.43. The average Bonchev–Trinajstić information content (AvgIpc) is 3.39. The summed E-state index contributed by atoms with van der Waals surface area (Å²) in [4.78, 5) is 31.0. The normalized spacial score (nSPS) is 25.7. The lowest BCUT2D eigenvalue weighted by Gasteiger charge is -2.28. The van der Waals surface area contributed by atoms with Crippen LogP contribution in [0.15, 0.2) is 41.8 Å². The van der Waals surface area contributed by atoms with Crippen LogP contribution in [0, 0.1) is 0 Å². The highest BCUT2D eigenvalue weighted by atomic mass is 32.1. The van der Waals surface area contributed by atoms with Crippen LogP contribution in [-0.4, -0.2) is 35.0 Å². The summed E-state index contributed by atoms with van der Waals surface area (Å²) < 4.78 is 0. The van der Waals surface area contributed by atoms with Crippen molar-refractivity contribution in [3.05, 3.63) is 57.8 Å². The molecule has 2 aliphatic rings. The zero-order valence-corrected chi connectivity index (χ0v) is 18.4. The van der Waals surface area contributed by atoms with Crippen molar-refractivity contribution in [1.29, 1.82) is 0 Å². The molecular weight excluding hydrogens is 382 g/mol. The molecule has 0 aliphatic carbocycles. The van der Waals surface area contributed by atoms with Crippen LogP contribution in [0.1, 0.15) is 62.6 Å². The number of thiophene rings is 1. The number of rotatable bonds is 4. The lowest BCUT2D eigenvalue weighted by molar-refractivity contribution is -0.132. The minimum atomic E-state index is -1.02. The van der Waals surface area contributed by atoms with Crippen LogP contribution in [0.4, 0.5) is 4.79 Å². The number of hydrogen-bond donors (Lipinski definition) is 1. The van der Waals surface area contributed by atoms with Crippen molar-refractivity contribution in [2.75, 3.05) is 13.2 Å². The van der Waals surface area contributed by atoms with Gasteiger partial charge in [0, 0.05) is 17.5 Å². The maximum Gasteiger partial charge on any atom is 0.326 e. The zero-order valence-electron chi connectivity index (χ0n) is 17.6.